The molecule has 3 rings (SSSR count). The number of aliphatic carboxylic acids is 2. The van der Waals surface area contributed by atoms with Crippen molar-refractivity contribution in [1.82, 2.24) is 0 Å². The first-order valence-electron chi connectivity index (χ1n) is 12.8. The molecule has 40 heavy (non-hydrogen) atoms. The van der Waals surface area contributed by atoms with Crippen molar-refractivity contribution < 1.29 is 48.3 Å². The maximum atomic E-state index is 11.8. The van der Waals surface area contributed by atoms with E-state index in [9.17, 15) is 29.4 Å². The Hall–Kier alpha value is -3.63. The highest BCUT2D eigenvalue weighted by Crippen LogP contribution is 2.47. The van der Waals surface area contributed by atoms with Crippen LogP contribution in [0.5, 0.6) is 5.75 Å². The van der Waals surface area contributed by atoms with Gasteiger partial charge in [0.1, 0.15) is 18.5 Å². The SMILES string of the molecule is CCOc1ccc(Cc2cc([C@H]3O[C@@H]([C@H](COC(C)=O)OC(C)=O)[C@@H](CC(=O)[O-])[C@@H]3CC(=O)[O-])ccc2Cl)cc1. The van der Waals surface area contributed by atoms with Crippen molar-refractivity contribution in [2.24, 2.45) is 11.8 Å². The summed E-state index contributed by atoms with van der Waals surface area (Å²) >= 11 is 6.50. The van der Waals surface area contributed by atoms with Crippen LogP contribution in [0.3, 0.4) is 0 Å². The van der Waals surface area contributed by atoms with Crippen LogP contribution in [0.15, 0.2) is 42.5 Å². The monoisotopic (exact) mass is 574 g/mol. The number of hydrogen-bond donors (Lipinski definition) is 0. The molecule has 1 fully saturated rings. The van der Waals surface area contributed by atoms with Crippen LogP contribution in [0.2, 0.25) is 5.02 Å². The third-order valence-corrected chi connectivity index (χ3v) is 7.00. The number of esters is 2. The fraction of sp³-hybridized carbons (Fsp3) is 0.448. The number of carboxylic acid groups (broad SMARTS) is 2. The van der Waals surface area contributed by atoms with Gasteiger partial charge in [-0.1, -0.05) is 35.9 Å². The molecule has 5 atom stereocenters. The smallest absolute Gasteiger partial charge is 0.303 e. The summed E-state index contributed by atoms with van der Waals surface area (Å²) < 4.78 is 22.1. The minimum Gasteiger partial charge on any atom is -0.550 e. The summed E-state index contributed by atoms with van der Waals surface area (Å²) in [6.45, 7) is 4.34. The van der Waals surface area contributed by atoms with Gasteiger partial charge in [-0.2, -0.15) is 0 Å². The summed E-state index contributed by atoms with van der Waals surface area (Å²) in [5.74, 6) is -5.32. The molecule has 2 aromatic rings. The van der Waals surface area contributed by atoms with Crippen LogP contribution < -0.4 is 14.9 Å². The quantitative estimate of drug-likeness (QED) is 0.324. The van der Waals surface area contributed by atoms with E-state index < -0.39 is 73.5 Å². The molecule has 0 amide bonds. The highest BCUT2D eigenvalue weighted by molar-refractivity contribution is 6.31. The van der Waals surface area contributed by atoms with Crippen LogP contribution in [-0.4, -0.2) is 49.3 Å². The molecular weight excluding hydrogens is 544 g/mol. The molecule has 0 aliphatic carbocycles. The largest absolute Gasteiger partial charge is 0.550 e. The molecule has 216 valence electrons. The van der Waals surface area contributed by atoms with E-state index >= 15 is 0 Å². The fourth-order valence-electron chi connectivity index (χ4n) is 5.05. The maximum Gasteiger partial charge on any atom is 0.303 e. The standard InChI is InChI=1S/C29H33ClO10/c1-4-37-21-8-5-18(6-9-21)11-20-12-19(7-10-24(20)30)28-22(13-26(33)34)23(14-27(35)36)29(40-28)25(39-17(3)32)15-38-16(2)31/h5-10,12,22-23,25,28-29H,4,11,13-15H2,1-3H3,(H,33,34)(H,35,36)/p-2/t22-,23-,25-,28+,29+/m0/s1. The van der Waals surface area contributed by atoms with Crippen LogP contribution >= 0.6 is 11.6 Å². The predicted octanol–water partition coefficient (Wildman–Crippen LogP) is 1.78. The molecule has 1 aliphatic heterocycles. The lowest BCUT2D eigenvalue weighted by atomic mass is 9.79. The molecule has 1 heterocycles. The Labute approximate surface area is 237 Å². The van der Waals surface area contributed by atoms with E-state index in [0.717, 1.165) is 23.8 Å². The van der Waals surface area contributed by atoms with E-state index in [4.69, 9.17) is 30.5 Å². The Balaban J connectivity index is 1.99. The third kappa shape index (κ3) is 8.43. The van der Waals surface area contributed by atoms with Crippen molar-refractivity contribution in [2.45, 2.75) is 58.3 Å². The van der Waals surface area contributed by atoms with Gasteiger partial charge in [-0.25, -0.2) is 0 Å². The molecule has 0 radical (unpaired) electrons. The normalized spacial score (nSPS) is 20.9. The Morgan fingerprint density at radius 1 is 0.950 bits per heavy atom. The van der Waals surface area contributed by atoms with Gasteiger partial charge in [0, 0.05) is 42.6 Å². The molecule has 0 aromatic heterocycles. The van der Waals surface area contributed by atoms with Gasteiger partial charge in [0.15, 0.2) is 6.10 Å². The van der Waals surface area contributed by atoms with Gasteiger partial charge in [0.25, 0.3) is 0 Å². The Kier molecular flexibility index (Phi) is 10.9. The van der Waals surface area contributed by atoms with Crippen LogP contribution in [0.1, 0.15) is 56.4 Å². The first kappa shape index (κ1) is 30.9. The summed E-state index contributed by atoms with van der Waals surface area (Å²) in [6.07, 6.45) is -3.87. The minimum atomic E-state index is -1.44. The molecule has 0 unspecified atom stereocenters. The number of carbonyl (C=O) groups is 4. The van der Waals surface area contributed by atoms with Gasteiger partial charge >= 0.3 is 11.9 Å². The fourth-order valence-corrected chi connectivity index (χ4v) is 5.23. The Morgan fingerprint density at radius 3 is 2.17 bits per heavy atom. The number of halogens is 1. The third-order valence-electron chi connectivity index (χ3n) is 6.63. The second kappa shape index (κ2) is 14.1. The minimum absolute atomic E-state index is 0.405. The number of ether oxygens (including phenoxy) is 4. The molecule has 2 aromatic carbocycles. The van der Waals surface area contributed by atoms with Crippen molar-refractivity contribution in [3.05, 3.63) is 64.2 Å². The first-order valence-corrected chi connectivity index (χ1v) is 13.2. The number of carbonyl (C=O) groups excluding carboxylic acids is 4. The topological polar surface area (TPSA) is 151 Å². The molecule has 1 aliphatic rings. The lowest BCUT2D eigenvalue weighted by Gasteiger charge is -2.29. The Bertz CT molecular complexity index is 1210. The first-order chi connectivity index (χ1) is 19.0. The zero-order valence-corrected chi connectivity index (χ0v) is 23.2. The average Bonchev–Trinajstić information content (AvgIpc) is 3.20. The number of rotatable bonds is 13. The second-order valence-corrected chi connectivity index (χ2v) is 9.96. The molecule has 0 bridgehead atoms. The number of hydrogen-bond acceptors (Lipinski definition) is 10. The van der Waals surface area contributed by atoms with Gasteiger partial charge in [-0.05, 0) is 61.1 Å². The van der Waals surface area contributed by atoms with Gasteiger partial charge in [-0.15, -0.1) is 0 Å². The zero-order valence-electron chi connectivity index (χ0n) is 22.4. The van der Waals surface area contributed by atoms with Crippen LogP contribution in [0.25, 0.3) is 0 Å². The van der Waals surface area contributed by atoms with Crippen molar-refractivity contribution >= 4 is 35.5 Å². The molecule has 0 saturated carbocycles. The zero-order chi connectivity index (χ0) is 29.4. The lowest BCUT2D eigenvalue weighted by molar-refractivity contribution is -0.311. The molecule has 10 nitrogen and oxygen atoms in total. The van der Waals surface area contributed by atoms with E-state index in [0.29, 0.717) is 23.6 Å². The summed E-state index contributed by atoms with van der Waals surface area (Å²) in [5.41, 5.74) is 2.23. The summed E-state index contributed by atoms with van der Waals surface area (Å²) in [7, 11) is 0. The highest BCUT2D eigenvalue weighted by atomic mass is 35.5. The molecular formula is C29H31ClO10-2. The van der Waals surface area contributed by atoms with E-state index in [1.807, 2.05) is 31.2 Å². The van der Waals surface area contributed by atoms with E-state index in [-0.39, 0.29) is 0 Å². The second-order valence-electron chi connectivity index (χ2n) is 9.56. The Morgan fingerprint density at radius 2 is 1.60 bits per heavy atom. The molecule has 1 saturated heterocycles. The van der Waals surface area contributed by atoms with Crippen molar-refractivity contribution in [3.8, 4) is 5.75 Å². The van der Waals surface area contributed by atoms with Gasteiger partial charge in [0.05, 0.1) is 12.7 Å². The van der Waals surface area contributed by atoms with Crippen molar-refractivity contribution in [2.75, 3.05) is 13.2 Å². The summed E-state index contributed by atoms with van der Waals surface area (Å²) in [5, 5.41) is 23.9. The van der Waals surface area contributed by atoms with Gasteiger partial charge < -0.3 is 38.7 Å². The van der Waals surface area contributed by atoms with E-state index in [1.165, 1.54) is 6.92 Å². The summed E-state index contributed by atoms with van der Waals surface area (Å²) in [6, 6.07) is 12.6. The van der Waals surface area contributed by atoms with E-state index in [1.54, 1.807) is 18.2 Å². The van der Waals surface area contributed by atoms with Gasteiger partial charge in [-0.3, -0.25) is 9.59 Å². The van der Waals surface area contributed by atoms with Crippen molar-refractivity contribution in [1.29, 1.82) is 0 Å². The molecule has 11 heteroatoms. The van der Waals surface area contributed by atoms with Crippen LogP contribution in [0.4, 0.5) is 0 Å². The number of benzene rings is 2. The van der Waals surface area contributed by atoms with Crippen LogP contribution in [0, 0.1) is 11.8 Å². The average molecular weight is 575 g/mol. The highest BCUT2D eigenvalue weighted by Gasteiger charge is 2.49. The van der Waals surface area contributed by atoms with Crippen LogP contribution in [-0.2, 0) is 39.8 Å². The van der Waals surface area contributed by atoms with E-state index in [2.05, 4.69) is 0 Å². The molecule has 0 N–H and O–H groups in total. The predicted molar refractivity (Wildman–Crippen MR) is 138 cm³/mol. The van der Waals surface area contributed by atoms with Gasteiger partial charge in [0.2, 0.25) is 0 Å². The summed E-state index contributed by atoms with van der Waals surface area (Å²) in [4.78, 5) is 46.8. The number of carboxylic acids is 2. The lowest BCUT2D eigenvalue weighted by Crippen LogP contribution is -2.42. The van der Waals surface area contributed by atoms with Crippen molar-refractivity contribution in [3.63, 3.8) is 0 Å². The molecule has 0 spiro atoms. The maximum absolute atomic E-state index is 11.8.